The van der Waals surface area contributed by atoms with E-state index < -0.39 is 17.8 Å². The Balaban J connectivity index is 2.51. The van der Waals surface area contributed by atoms with Crippen molar-refractivity contribution in [1.82, 2.24) is 5.32 Å². The number of carbonyl (C=O) groups excluding carboxylic acids is 3. The van der Waals surface area contributed by atoms with Crippen LogP contribution in [-0.4, -0.2) is 24.4 Å². The summed E-state index contributed by atoms with van der Waals surface area (Å²) in [6.45, 7) is 1.89. The quantitative estimate of drug-likeness (QED) is 0.638. The molecule has 0 saturated carbocycles. The van der Waals surface area contributed by atoms with Gasteiger partial charge in [-0.2, -0.15) is 0 Å². The number of hydrogen-bond donors (Lipinski definition) is 1. The van der Waals surface area contributed by atoms with Crippen LogP contribution in [0, 0.1) is 0 Å². The van der Waals surface area contributed by atoms with Crippen LogP contribution in [0.15, 0.2) is 42.5 Å². The summed E-state index contributed by atoms with van der Waals surface area (Å²) in [5.74, 6) is -1.81. The Morgan fingerprint density at radius 1 is 1.17 bits per heavy atom. The Bertz CT molecular complexity index is 465. The average Bonchev–Trinajstić information content (AvgIpc) is 2.38. The highest BCUT2D eigenvalue weighted by atomic mass is 16.5. The van der Waals surface area contributed by atoms with Crippen LogP contribution in [0.2, 0.25) is 0 Å². The van der Waals surface area contributed by atoms with Crippen molar-refractivity contribution in [1.29, 1.82) is 0 Å². The van der Waals surface area contributed by atoms with Crippen molar-refractivity contribution in [2.45, 2.75) is 6.92 Å². The molecule has 5 heteroatoms. The fourth-order valence-corrected chi connectivity index (χ4v) is 1.15. The van der Waals surface area contributed by atoms with Gasteiger partial charge in [-0.1, -0.05) is 18.2 Å². The third kappa shape index (κ3) is 4.61. The minimum atomic E-state index is -0.670. The maximum absolute atomic E-state index is 11.5. The van der Waals surface area contributed by atoms with E-state index in [9.17, 15) is 14.4 Å². The normalized spacial score (nSPS) is 10.1. The molecular weight excluding hydrogens is 234 g/mol. The molecule has 0 spiro atoms. The van der Waals surface area contributed by atoms with E-state index >= 15 is 0 Å². The molecule has 1 aromatic carbocycles. The first-order valence-corrected chi connectivity index (χ1v) is 5.38. The summed E-state index contributed by atoms with van der Waals surface area (Å²) in [6.07, 6.45) is 1.93. The topological polar surface area (TPSA) is 72.5 Å². The van der Waals surface area contributed by atoms with Gasteiger partial charge in [0.05, 0.1) is 6.61 Å². The predicted molar refractivity (Wildman–Crippen MR) is 64.7 cm³/mol. The van der Waals surface area contributed by atoms with Crippen LogP contribution in [0.3, 0.4) is 0 Å². The lowest BCUT2D eigenvalue weighted by atomic mass is 10.2. The highest BCUT2D eigenvalue weighted by Gasteiger charge is 2.07. The first-order chi connectivity index (χ1) is 8.63. The van der Waals surface area contributed by atoms with Gasteiger partial charge in [-0.25, -0.2) is 4.79 Å². The third-order valence-electron chi connectivity index (χ3n) is 1.93. The fraction of sp³-hybridized carbons (Fsp3) is 0.154. The summed E-state index contributed by atoms with van der Waals surface area (Å²) in [4.78, 5) is 33.8. The van der Waals surface area contributed by atoms with E-state index in [-0.39, 0.29) is 6.61 Å². The summed E-state index contributed by atoms with van der Waals surface area (Å²) in [7, 11) is 0. The number of imide groups is 1. The fourth-order valence-electron chi connectivity index (χ4n) is 1.15. The molecule has 0 radical (unpaired) electrons. The maximum atomic E-state index is 11.5. The maximum Gasteiger partial charge on any atom is 0.330 e. The van der Waals surface area contributed by atoms with Gasteiger partial charge in [0.2, 0.25) is 0 Å². The van der Waals surface area contributed by atoms with Gasteiger partial charge in [-0.3, -0.25) is 14.9 Å². The van der Waals surface area contributed by atoms with Crippen molar-refractivity contribution in [3.63, 3.8) is 0 Å². The Labute approximate surface area is 104 Å². The van der Waals surface area contributed by atoms with Crippen molar-refractivity contribution in [2.75, 3.05) is 6.61 Å². The summed E-state index contributed by atoms with van der Waals surface area (Å²) >= 11 is 0. The Hall–Kier alpha value is -2.43. The van der Waals surface area contributed by atoms with E-state index in [0.29, 0.717) is 5.56 Å². The molecule has 0 heterocycles. The van der Waals surface area contributed by atoms with Crippen LogP contribution in [0.4, 0.5) is 0 Å². The number of ether oxygens (including phenoxy) is 1. The SMILES string of the molecule is CCOC(=O)/C=C/C(=O)NC(=O)c1ccccc1. The highest BCUT2D eigenvalue weighted by Crippen LogP contribution is 1.97. The number of carbonyl (C=O) groups is 3. The molecule has 1 N–H and O–H groups in total. The molecule has 0 atom stereocenters. The molecule has 0 fully saturated rings. The monoisotopic (exact) mass is 247 g/mol. The molecular formula is C13H13NO4. The molecule has 5 nitrogen and oxygen atoms in total. The molecule has 0 aliphatic heterocycles. The van der Waals surface area contributed by atoms with Gasteiger partial charge < -0.3 is 4.74 Å². The molecule has 0 aliphatic carbocycles. The molecule has 0 aliphatic rings. The molecule has 0 bridgehead atoms. The Morgan fingerprint density at radius 2 is 1.83 bits per heavy atom. The molecule has 0 saturated heterocycles. The number of rotatable bonds is 4. The minimum absolute atomic E-state index is 0.230. The van der Waals surface area contributed by atoms with Crippen LogP contribution < -0.4 is 5.32 Å². The lowest BCUT2D eigenvalue weighted by Crippen LogP contribution is -2.28. The van der Waals surface area contributed by atoms with Gasteiger partial charge in [-0.15, -0.1) is 0 Å². The Morgan fingerprint density at radius 3 is 2.44 bits per heavy atom. The standard InChI is InChI=1S/C13H13NO4/c1-2-18-12(16)9-8-11(15)14-13(17)10-6-4-3-5-7-10/h3-9H,2H2,1H3,(H,14,15,17)/b9-8+. The van der Waals surface area contributed by atoms with E-state index in [1.54, 1.807) is 37.3 Å². The van der Waals surface area contributed by atoms with E-state index in [0.717, 1.165) is 12.2 Å². The van der Waals surface area contributed by atoms with E-state index in [4.69, 9.17) is 0 Å². The molecule has 18 heavy (non-hydrogen) atoms. The summed E-state index contributed by atoms with van der Waals surface area (Å²) < 4.78 is 4.59. The number of esters is 1. The number of amides is 2. The van der Waals surface area contributed by atoms with Gasteiger partial charge in [0.1, 0.15) is 0 Å². The zero-order valence-electron chi connectivity index (χ0n) is 9.88. The summed E-state index contributed by atoms with van der Waals surface area (Å²) in [5, 5.41) is 2.12. The van der Waals surface area contributed by atoms with Gasteiger partial charge in [0.25, 0.3) is 11.8 Å². The van der Waals surface area contributed by atoms with Crippen LogP contribution in [0.25, 0.3) is 0 Å². The number of benzene rings is 1. The van der Waals surface area contributed by atoms with E-state index in [1.807, 2.05) is 0 Å². The van der Waals surface area contributed by atoms with Gasteiger partial charge in [0, 0.05) is 17.7 Å². The predicted octanol–water partition coefficient (Wildman–Crippen LogP) is 1.06. The van der Waals surface area contributed by atoms with Gasteiger partial charge in [-0.05, 0) is 19.1 Å². The van der Waals surface area contributed by atoms with E-state index in [1.165, 1.54) is 0 Å². The molecule has 0 unspecified atom stereocenters. The molecule has 94 valence electrons. The van der Waals surface area contributed by atoms with Crippen LogP contribution in [0.5, 0.6) is 0 Å². The van der Waals surface area contributed by atoms with Crippen LogP contribution in [-0.2, 0) is 14.3 Å². The minimum Gasteiger partial charge on any atom is -0.463 e. The largest absolute Gasteiger partial charge is 0.463 e. The first kappa shape index (κ1) is 13.6. The van der Waals surface area contributed by atoms with Crippen molar-refractivity contribution in [3.8, 4) is 0 Å². The molecule has 2 amide bonds. The van der Waals surface area contributed by atoms with Gasteiger partial charge >= 0.3 is 5.97 Å². The molecule has 0 aromatic heterocycles. The highest BCUT2D eigenvalue weighted by molar-refractivity contribution is 6.09. The van der Waals surface area contributed by atoms with Crippen LogP contribution >= 0.6 is 0 Å². The first-order valence-electron chi connectivity index (χ1n) is 5.38. The molecule has 1 rings (SSSR count). The van der Waals surface area contributed by atoms with E-state index in [2.05, 4.69) is 10.1 Å². The zero-order valence-corrected chi connectivity index (χ0v) is 9.88. The number of nitrogens with one attached hydrogen (secondary N) is 1. The second-order valence-corrected chi connectivity index (χ2v) is 3.27. The second-order valence-electron chi connectivity index (χ2n) is 3.27. The average molecular weight is 247 g/mol. The Kier molecular flexibility index (Phi) is 5.31. The third-order valence-corrected chi connectivity index (χ3v) is 1.93. The van der Waals surface area contributed by atoms with Crippen molar-refractivity contribution < 1.29 is 19.1 Å². The van der Waals surface area contributed by atoms with Crippen molar-refractivity contribution in [3.05, 3.63) is 48.0 Å². The number of hydrogen-bond acceptors (Lipinski definition) is 4. The lowest BCUT2D eigenvalue weighted by molar-refractivity contribution is -0.137. The lowest BCUT2D eigenvalue weighted by Gasteiger charge is -2.00. The zero-order chi connectivity index (χ0) is 13.4. The summed E-state index contributed by atoms with van der Waals surface area (Å²) in [5.41, 5.74) is 0.371. The van der Waals surface area contributed by atoms with Crippen molar-refractivity contribution in [2.24, 2.45) is 0 Å². The summed E-state index contributed by atoms with van der Waals surface area (Å²) in [6, 6.07) is 8.30. The van der Waals surface area contributed by atoms with Gasteiger partial charge in [0.15, 0.2) is 0 Å². The van der Waals surface area contributed by atoms with Crippen LogP contribution in [0.1, 0.15) is 17.3 Å². The molecule has 1 aromatic rings. The van der Waals surface area contributed by atoms with Crippen molar-refractivity contribution >= 4 is 17.8 Å². The second kappa shape index (κ2) is 7.01. The smallest absolute Gasteiger partial charge is 0.330 e.